The number of anilines is 1. The highest BCUT2D eigenvalue weighted by molar-refractivity contribution is 5.97. The average Bonchev–Trinajstić information content (AvgIpc) is 3.40. The molecule has 2 aliphatic rings. The number of hydrogen-bond acceptors (Lipinski definition) is 6. The minimum atomic E-state index is -0.607. The molecule has 0 spiro atoms. The normalized spacial score (nSPS) is 21.8. The van der Waals surface area contributed by atoms with Crippen LogP contribution in [0.5, 0.6) is 0 Å². The molecule has 1 saturated heterocycles. The largest absolute Gasteiger partial charge is 0.444 e. The van der Waals surface area contributed by atoms with Crippen LogP contribution < -0.4 is 5.32 Å². The van der Waals surface area contributed by atoms with Gasteiger partial charge < -0.3 is 14.6 Å². The van der Waals surface area contributed by atoms with Crippen molar-refractivity contribution in [2.75, 3.05) is 11.9 Å². The SMILES string of the molecule is Cc1noc(-c2ccc(NC(=O)[C@@H]3[C@H](C4CCCCC4)CCN3C(=O)OC(C)(C)C)cc2)n1. The summed E-state index contributed by atoms with van der Waals surface area (Å²) in [5, 5.41) is 6.84. The lowest BCUT2D eigenvalue weighted by atomic mass is 9.76. The van der Waals surface area contributed by atoms with Gasteiger partial charge in [0.15, 0.2) is 5.82 Å². The smallest absolute Gasteiger partial charge is 0.410 e. The van der Waals surface area contributed by atoms with Crippen LogP contribution in [0.25, 0.3) is 11.5 Å². The summed E-state index contributed by atoms with van der Waals surface area (Å²) in [6.07, 6.45) is 6.29. The molecule has 2 amide bonds. The molecular weight excluding hydrogens is 420 g/mol. The Kier molecular flexibility index (Phi) is 6.72. The van der Waals surface area contributed by atoms with E-state index < -0.39 is 17.7 Å². The van der Waals surface area contributed by atoms with Crippen molar-refractivity contribution in [3.63, 3.8) is 0 Å². The lowest BCUT2D eigenvalue weighted by Crippen LogP contribution is -2.49. The Morgan fingerprint density at radius 2 is 1.79 bits per heavy atom. The van der Waals surface area contributed by atoms with Crippen LogP contribution in [-0.4, -0.2) is 45.2 Å². The van der Waals surface area contributed by atoms with Crippen LogP contribution in [0.2, 0.25) is 0 Å². The predicted octanol–water partition coefficient (Wildman–Crippen LogP) is 5.19. The molecule has 33 heavy (non-hydrogen) atoms. The van der Waals surface area contributed by atoms with Gasteiger partial charge in [-0.25, -0.2) is 4.79 Å². The number of ether oxygens (including phenoxy) is 1. The number of rotatable bonds is 4. The van der Waals surface area contributed by atoms with Gasteiger partial charge in [0.05, 0.1) is 0 Å². The Morgan fingerprint density at radius 3 is 2.39 bits per heavy atom. The Bertz CT molecular complexity index is 973. The van der Waals surface area contributed by atoms with Crippen LogP contribution in [0.15, 0.2) is 28.8 Å². The van der Waals surface area contributed by atoms with Crippen molar-refractivity contribution >= 4 is 17.7 Å². The molecule has 2 atom stereocenters. The molecule has 0 unspecified atom stereocenters. The van der Waals surface area contributed by atoms with E-state index in [0.717, 1.165) is 24.8 Å². The molecule has 2 aromatic rings. The fourth-order valence-electron chi connectivity index (χ4n) is 5.06. The van der Waals surface area contributed by atoms with E-state index >= 15 is 0 Å². The summed E-state index contributed by atoms with van der Waals surface area (Å²) in [5.41, 5.74) is 0.840. The number of aryl methyl sites for hydroxylation is 1. The number of likely N-dealkylation sites (tertiary alicyclic amines) is 1. The van der Waals surface area contributed by atoms with Crippen molar-refractivity contribution in [1.82, 2.24) is 15.0 Å². The molecule has 8 heteroatoms. The van der Waals surface area contributed by atoms with Gasteiger partial charge in [-0.2, -0.15) is 4.98 Å². The van der Waals surface area contributed by atoms with Gasteiger partial charge in [0.25, 0.3) is 5.89 Å². The Hall–Kier alpha value is -2.90. The monoisotopic (exact) mass is 454 g/mol. The van der Waals surface area contributed by atoms with Crippen molar-refractivity contribution in [1.29, 1.82) is 0 Å². The lowest BCUT2D eigenvalue weighted by molar-refractivity contribution is -0.122. The number of nitrogens with one attached hydrogen (secondary N) is 1. The third-order valence-corrected chi connectivity index (χ3v) is 6.52. The summed E-state index contributed by atoms with van der Waals surface area (Å²) in [7, 11) is 0. The van der Waals surface area contributed by atoms with E-state index in [-0.39, 0.29) is 11.8 Å². The van der Waals surface area contributed by atoms with Gasteiger partial charge >= 0.3 is 6.09 Å². The van der Waals surface area contributed by atoms with Crippen LogP contribution in [-0.2, 0) is 9.53 Å². The summed E-state index contributed by atoms with van der Waals surface area (Å²) >= 11 is 0. The van der Waals surface area contributed by atoms with E-state index in [0.29, 0.717) is 29.9 Å². The van der Waals surface area contributed by atoms with Crippen LogP contribution >= 0.6 is 0 Å². The first-order valence-corrected chi connectivity index (χ1v) is 11.9. The highest BCUT2D eigenvalue weighted by Crippen LogP contribution is 2.40. The Labute approximate surface area is 195 Å². The second-order valence-electron chi connectivity index (χ2n) is 10.2. The minimum Gasteiger partial charge on any atom is -0.444 e. The molecule has 1 aliphatic heterocycles. The second-order valence-corrected chi connectivity index (χ2v) is 10.2. The molecular formula is C25H34N4O4. The van der Waals surface area contributed by atoms with Crippen molar-refractivity contribution in [2.24, 2.45) is 11.8 Å². The maximum absolute atomic E-state index is 13.5. The molecule has 8 nitrogen and oxygen atoms in total. The van der Waals surface area contributed by atoms with Gasteiger partial charge in [-0.15, -0.1) is 0 Å². The van der Waals surface area contributed by atoms with E-state index in [1.54, 1.807) is 11.8 Å². The Morgan fingerprint density at radius 1 is 1.09 bits per heavy atom. The van der Waals surface area contributed by atoms with E-state index in [2.05, 4.69) is 15.5 Å². The molecule has 1 saturated carbocycles. The number of nitrogens with zero attached hydrogens (tertiary/aromatic N) is 3. The highest BCUT2D eigenvalue weighted by atomic mass is 16.6. The van der Waals surface area contributed by atoms with Gasteiger partial charge in [0.1, 0.15) is 11.6 Å². The molecule has 1 aliphatic carbocycles. The van der Waals surface area contributed by atoms with Crippen molar-refractivity contribution < 1.29 is 18.8 Å². The molecule has 4 rings (SSSR count). The molecule has 178 valence electrons. The summed E-state index contributed by atoms with van der Waals surface area (Å²) in [5.74, 6) is 1.47. The van der Waals surface area contributed by atoms with Gasteiger partial charge in [-0.3, -0.25) is 9.69 Å². The maximum atomic E-state index is 13.5. The first kappa shape index (κ1) is 23.3. The molecule has 2 heterocycles. The van der Waals surface area contributed by atoms with Crippen LogP contribution in [0.3, 0.4) is 0 Å². The van der Waals surface area contributed by atoms with Crippen LogP contribution in [0, 0.1) is 18.8 Å². The van der Waals surface area contributed by atoms with Gasteiger partial charge in [0, 0.05) is 17.8 Å². The van der Waals surface area contributed by atoms with Gasteiger partial charge in [-0.05, 0) is 70.2 Å². The third kappa shape index (κ3) is 5.54. The zero-order valence-corrected chi connectivity index (χ0v) is 20.0. The average molecular weight is 455 g/mol. The summed E-state index contributed by atoms with van der Waals surface area (Å²) in [4.78, 5) is 32.3. The molecule has 0 radical (unpaired) electrons. The number of benzene rings is 1. The highest BCUT2D eigenvalue weighted by Gasteiger charge is 2.46. The second kappa shape index (κ2) is 9.53. The standard InChI is InChI=1S/C25H34N4O4/c1-16-26-23(33-28-16)18-10-12-19(13-11-18)27-22(30)21-20(17-8-6-5-7-9-17)14-15-29(21)24(31)32-25(2,3)4/h10-13,17,20-21H,5-9,14-15H2,1-4H3,(H,27,30)/t20-,21-/m0/s1. The quantitative estimate of drug-likeness (QED) is 0.683. The minimum absolute atomic E-state index is 0.151. The van der Waals surface area contributed by atoms with Crippen LogP contribution in [0.1, 0.15) is 65.1 Å². The van der Waals surface area contributed by atoms with Gasteiger partial charge in [-0.1, -0.05) is 37.3 Å². The molecule has 1 N–H and O–H groups in total. The summed E-state index contributed by atoms with van der Waals surface area (Å²) < 4.78 is 10.8. The number of carbonyl (C=O) groups is 2. The fourth-order valence-corrected chi connectivity index (χ4v) is 5.06. The molecule has 1 aromatic heterocycles. The first-order valence-electron chi connectivity index (χ1n) is 11.9. The number of amides is 2. The van der Waals surface area contributed by atoms with E-state index in [1.807, 2.05) is 45.0 Å². The molecule has 1 aromatic carbocycles. The zero-order valence-electron chi connectivity index (χ0n) is 20.0. The fraction of sp³-hybridized carbons (Fsp3) is 0.600. The maximum Gasteiger partial charge on any atom is 0.410 e. The summed E-state index contributed by atoms with van der Waals surface area (Å²) in [6, 6.07) is 6.77. The predicted molar refractivity (Wildman–Crippen MR) is 125 cm³/mol. The molecule has 0 bridgehead atoms. The zero-order chi connectivity index (χ0) is 23.6. The van der Waals surface area contributed by atoms with Crippen molar-refractivity contribution in [2.45, 2.75) is 77.9 Å². The number of hydrogen-bond donors (Lipinski definition) is 1. The van der Waals surface area contributed by atoms with E-state index in [4.69, 9.17) is 9.26 Å². The lowest BCUT2D eigenvalue weighted by Gasteiger charge is -2.34. The number of aromatic nitrogens is 2. The van der Waals surface area contributed by atoms with Crippen molar-refractivity contribution in [3.05, 3.63) is 30.1 Å². The number of carbonyl (C=O) groups excluding carboxylic acids is 2. The first-order chi connectivity index (χ1) is 15.7. The van der Waals surface area contributed by atoms with E-state index in [9.17, 15) is 9.59 Å². The third-order valence-electron chi connectivity index (χ3n) is 6.52. The Balaban J connectivity index is 1.51. The van der Waals surface area contributed by atoms with Gasteiger partial charge in [0.2, 0.25) is 5.91 Å². The van der Waals surface area contributed by atoms with E-state index in [1.165, 1.54) is 19.3 Å². The van der Waals surface area contributed by atoms with Crippen LogP contribution in [0.4, 0.5) is 10.5 Å². The summed E-state index contributed by atoms with van der Waals surface area (Å²) in [6.45, 7) is 7.86. The van der Waals surface area contributed by atoms with Crippen molar-refractivity contribution in [3.8, 4) is 11.5 Å². The molecule has 2 fully saturated rings. The topological polar surface area (TPSA) is 97.6 Å².